The van der Waals surface area contributed by atoms with Gasteiger partial charge in [-0.25, -0.2) is 4.79 Å². The summed E-state index contributed by atoms with van der Waals surface area (Å²) < 4.78 is 6.37. The lowest BCUT2D eigenvalue weighted by Crippen LogP contribution is -1.98. The molecule has 0 fully saturated rings. The van der Waals surface area contributed by atoms with Gasteiger partial charge in [-0.05, 0) is 13.0 Å². The number of carbonyl (C=O) groups is 1. The Morgan fingerprint density at radius 2 is 2.47 bits per heavy atom. The van der Waals surface area contributed by atoms with Crippen LogP contribution < -0.4 is 0 Å². The molecule has 0 saturated carbocycles. The summed E-state index contributed by atoms with van der Waals surface area (Å²) in [5, 5.41) is 16.4. The highest BCUT2D eigenvalue weighted by molar-refractivity contribution is 5.85. The highest BCUT2D eigenvalue weighted by Crippen LogP contribution is 2.18. The fourth-order valence-corrected chi connectivity index (χ4v) is 1.30. The number of hydrogen-bond donors (Lipinski definition) is 1. The number of nitrogens with zero attached hydrogens (tertiary/aromatic N) is 3. The molecule has 0 amide bonds. The molecule has 2 aromatic rings. The van der Waals surface area contributed by atoms with E-state index in [9.17, 15) is 4.79 Å². The maximum absolute atomic E-state index is 10.6. The molecule has 0 radical (unpaired) electrons. The molecule has 2 aromatic heterocycles. The van der Waals surface area contributed by atoms with E-state index in [1.807, 2.05) is 6.92 Å². The minimum absolute atomic E-state index is 0.172. The van der Waals surface area contributed by atoms with Crippen molar-refractivity contribution in [1.82, 2.24) is 14.9 Å². The third-order valence-electron chi connectivity index (χ3n) is 2.00. The van der Waals surface area contributed by atoms with Crippen LogP contribution in [0.25, 0.3) is 11.4 Å². The van der Waals surface area contributed by atoms with E-state index in [4.69, 9.17) is 5.11 Å². The molecule has 15 heavy (non-hydrogen) atoms. The van der Waals surface area contributed by atoms with Crippen LogP contribution in [-0.2, 0) is 6.54 Å². The van der Waals surface area contributed by atoms with Crippen LogP contribution in [0.1, 0.15) is 17.5 Å². The first-order valence-electron chi connectivity index (χ1n) is 4.44. The quantitative estimate of drug-likeness (QED) is 0.819. The lowest BCUT2D eigenvalue weighted by atomic mass is 10.3. The monoisotopic (exact) mass is 207 g/mol. The molecular formula is C9H9N3O3. The van der Waals surface area contributed by atoms with Gasteiger partial charge in [-0.15, -0.1) is 0 Å². The molecule has 2 rings (SSSR count). The molecule has 6 nitrogen and oxygen atoms in total. The van der Waals surface area contributed by atoms with Gasteiger partial charge >= 0.3 is 5.97 Å². The molecule has 0 unspecified atom stereocenters. The molecule has 78 valence electrons. The first-order chi connectivity index (χ1) is 7.22. The van der Waals surface area contributed by atoms with Gasteiger partial charge < -0.3 is 9.63 Å². The SMILES string of the molecule is CCn1nccc1-c1cc(C(=O)O)on1. The Kier molecular flexibility index (Phi) is 2.24. The van der Waals surface area contributed by atoms with Crippen LogP contribution in [0, 0.1) is 0 Å². The summed E-state index contributed by atoms with van der Waals surface area (Å²) in [4.78, 5) is 10.6. The van der Waals surface area contributed by atoms with Crippen molar-refractivity contribution in [3.63, 3.8) is 0 Å². The second kappa shape index (κ2) is 3.56. The van der Waals surface area contributed by atoms with Crippen LogP contribution >= 0.6 is 0 Å². The Hall–Kier alpha value is -2.11. The normalized spacial score (nSPS) is 10.5. The van der Waals surface area contributed by atoms with E-state index >= 15 is 0 Å². The van der Waals surface area contributed by atoms with Crippen molar-refractivity contribution >= 4 is 5.97 Å². The van der Waals surface area contributed by atoms with Crippen molar-refractivity contribution < 1.29 is 14.4 Å². The maximum atomic E-state index is 10.6. The Labute approximate surface area is 85.1 Å². The van der Waals surface area contributed by atoms with Crippen LogP contribution in [0.2, 0.25) is 0 Å². The largest absolute Gasteiger partial charge is 0.475 e. The molecule has 2 heterocycles. The van der Waals surface area contributed by atoms with E-state index in [0.717, 1.165) is 5.69 Å². The third-order valence-corrected chi connectivity index (χ3v) is 2.00. The van der Waals surface area contributed by atoms with Crippen molar-refractivity contribution in [3.05, 3.63) is 24.1 Å². The molecule has 0 aliphatic carbocycles. The number of aryl methyl sites for hydroxylation is 1. The van der Waals surface area contributed by atoms with Crippen molar-refractivity contribution in [2.75, 3.05) is 0 Å². The summed E-state index contributed by atoms with van der Waals surface area (Å²) in [5.74, 6) is -1.30. The fraction of sp³-hybridized carbons (Fsp3) is 0.222. The van der Waals surface area contributed by atoms with Crippen LogP contribution in [0.4, 0.5) is 0 Å². The summed E-state index contributed by atoms with van der Waals surface area (Å²) in [6.07, 6.45) is 1.63. The van der Waals surface area contributed by atoms with E-state index in [1.165, 1.54) is 6.07 Å². The topological polar surface area (TPSA) is 81.2 Å². The van der Waals surface area contributed by atoms with Crippen molar-refractivity contribution in [2.45, 2.75) is 13.5 Å². The van der Waals surface area contributed by atoms with Gasteiger partial charge in [0.25, 0.3) is 0 Å². The molecule has 0 spiro atoms. The average molecular weight is 207 g/mol. The number of rotatable bonds is 3. The van der Waals surface area contributed by atoms with Gasteiger partial charge in [-0.3, -0.25) is 4.68 Å². The van der Waals surface area contributed by atoms with E-state index in [-0.39, 0.29) is 5.76 Å². The zero-order valence-electron chi connectivity index (χ0n) is 8.04. The maximum Gasteiger partial charge on any atom is 0.374 e. The van der Waals surface area contributed by atoms with Crippen molar-refractivity contribution in [2.24, 2.45) is 0 Å². The van der Waals surface area contributed by atoms with Crippen LogP contribution in [0.3, 0.4) is 0 Å². The number of aromatic nitrogens is 3. The summed E-state index contributed by atoms with van der Waals surface area (Å²) in [5.41, 5.74) is 1.22. The Morgan fingerprint density at radius 3 is 3.07 bits per heavy atom. The predicted octanol–water partition coefficient (Wildman–Crippen LogP) is 1.26. The smallest absolute Gasteiger partial charge is 0.374 e. The van der Waals surface area contributed by atoms with Crippen molar-refractivity contribution in [1.29, 1.82) is 0 Å². The second-order valence-corrected chi connectivity index (χ2v) is 2.91. The highest BCUT2D eigenvalue weighted by Gasteiger charge is 2.14. The summed E-state index contributed by atoms with van der Waals surface area (Å²) in [6.45, 7) is 2.63. The van der Waals surface area contributed by atoms with Gasteiger partial charge in [0.2, 0.25) is 5.76 Å². The number of carboxylic acids is 1. The molecule has 0 aliphatic rings. The molecule has 0 aromatic carbocycles. The van der Waals surface area contributed by atoms with Gasteiger partial charge in [0.15, 0.2) is 0 Å². The number of aromatic carboxylic acids is 1. The van der Waals surface area contributed by atoms with Gasteiger partial charge in [0.05, 0.1) is 5.69 Å². The van der Waals surface area contributed by atoms with E-state index in [1.54, 1.807) is 16.9 Å². The lowest BCUT2D eigenvalue weighted by Gasteiger charge is -1.98. The Morgan fingerprint density at radius 1 is 1.67 bits per heavy atom. The average Bonchev–Trinajstić information content (AvgIpc) is 2.85. The summed E-state index contributed by atoms with van der Waals surface area (Å²) >= 11 is 0. The van der Waals surface area contributed by atoms with Crippen LogP contribution in [0.5, 0.6) is 0 Å². The van der Waals surface area contributed by atoms with Gasteiger partial charge in [0.1, 0.15) is 5.69 Å². The molecule has 6 heteroatoms. The zero-order valence-corrected chi connectivity index (χ0v) is 8.04. The summed E-state index contributed by atoms with van der Waals surface area (Å²) in [6, 6.07) is 3.14. The third kappa shape index (κ3) is 1.61. The first kappa shape index (κ1) is 9.45. The van der Waals surface area contributed by atoms with Crippen molar-refractivity contribution in [3.8, 4) is 11.4 Å². The minimum atomic E-state index is -1.13. The summed E-state index contributed by atoms with van der Waals surface area (Å²) in [7, 11) is 0. The van der Waals surface area contributed by atoms with Gasteiger partial charge in [-0.2, -0.15) is 5.10 Å². The molecule has 0 aliphatic heterocycles. The molecule has 0 atom stereocenters. The zero-order chi connectivity index (χ0) is 10.8. The Bertz CT molecular complexity index is 486. The van der Waals surface area contributed by atoms with E-state index in [0.29, 0.717) is 12.2 Å². The highest BCUT2D eigenvalue weighted by atomic mass is 16.5. The van der Waals surface area contributed by atoms with E-state index < -0.39 is 5.97 Å². The first-order valence-corrected chi connectivity index (χ1v) is 4.44. The number of carboxylic acid groups (broad SMARTS) is 1. The molecule has 0 saturated heterocycles. The Balaban J connectivity index is 2.41. The second-order valence-electron chi connectivity index (χ2n) is 2.91. The predicted molar refractivity (Wildman–Crippen MR) is 50.4 cm³/mol. The van der Waals surface area contributed by atoms with Gasteiger partial charge in [-0.1, -0.05) is 5.16 Å². The molecular weight excluding hydrogens is 198 g/mol. The fourth-order valence-electron chi connectivity index (χ4n) is 1.30. The number of hydrogen-bond acceptors (Lipinski definition) is 4. The van der Waals surface area contributed by atoms with E-state index in [2.05, 4.69) is 14.8 Å². The molecule has 0 bridgehead atoms. The van der Waals surface area contributed by atoms with Crippen LogP contribution in [-0.4, -0.2) is 26.0 Å². The lowest BCUT2D eigenvalue weighted by molar-refractivity contribution is 0.0652. The van der Waals surface area contributed by atoms with Crippen LogP contribution in [0.15, 0.2) is 22.9 Å². The minimum Gasteiger partial charge on any atom is -0.475 e. The van der Waals surface area contributed by atoms with Gasteiger partial charge in [0, 0.05) is 18.8 Å². The standard InChI is InChI=1S/C9H9N3O3/c1-2-12-7(3-4-10-12)6-5-8(9(13)14)15-11-6/h3-5H,2H2,1H3,(H,13,14). The molecule has 1 N–H and O–H groups in total.